The second kappa shape index (κ2) is 6.39. The van der Waals surface area contributed by atoms with E-state index < -0.39 is 15.7 Å². The Morgan fingerprint density at radius 1 is 1.19 bits per heavy atom. The maximum atomic E-state index is 14.3. The lowest BCUT2D eigenvalue weighted by atomic mass is 9.87. The largest absolute Gasteiger partial charge is 0.361 e. The summed E-state index contributed by atoms with van der Waals surface area (Å²) in [5, 5.41) is 1.58. The number of halogens is 2. The monoisotopic (exact) mass is 391 g/mol. The van der Waals surface area contributed by atoms with E-state index in [2.05, 4.69) is 4.98 Å². The predicted molar refractivity (Wildman–Crippen MR) is 103 cm³/mol. The van der Waals surface area contributed by atoms with Crippen molar-refractivity contribution in [1.29, 1.82) is 0 Å². The molecule has 1 N–H and O–H groups in total. The maximum Gasteiger partial charge on any atom is 0.151 e. The Morgan fingerprint density at radius 3 is 2.50 bits per heavy atom. The molecular weight excluding hydrogens is 373 g/mol. The number of fused-ring (bicyclic) bond motifs is 1. The van der Waals surface area contributed by atoms with Crippen molar-refractivity contribution in [2.45, 2.75) is 24.5 Å². The van der Waals surface area contributed by atoms with E-state index in [1.165, 1.54) is 11.6 Å². The zero-order chi connectivity index (χ0) is 18.5. The molecule has 1 saturated carbocycles. The van der Waals surface area contributed by atoms with Gasteiger partial charge in [0.15, 0.2) is 9.84 Å². The van der Waals surface area contributed by atoms with Crippen molar-refractivity contribution in [2.24, 2.45) is 5.92 Å². The van der Waals surface area contributed by atoms with Gasteiger partial charge >= 0.3 is 0 Å². The van der Waals surface area contributed by atoms with Crippen molar-refractivity contribution in [3.05, 3.63) is 70.1 Å². The molecule has 136 valence electrons. The Labute approximate surface area is 157 Å². The Balaban J connectivity index is 1.86. The molecule has 2 aromatic carbocycles. The lowest BCUT2D eigenvalue weighted by Crippen LogP contribution is -2.05. The highest BCUT2D eigenvalue weighted by Gasteiger charge is 2.35. The van der Waals surface area contributed by atoms with E-state index in [-0.39, 0.29) is 17.2 Å². The van der Waals surface area contributed by atoms with Crippen LogP contribution in [0.5, 0.6) is 0 Å². The van der Waals surface area contributed by atoms with Crippen LogP contribution in [0.4, 0.5) is 4.39 Å². The molecule has 1 heterocycles. The van der Waals surface area contributed by atoms with Gasteiger partial charge in [0.1, 0.15) is 5.82 Å². The third-order valence-corrected chi connectivity index (χ3v) is 6.07. The van der Waals surface area contributed by atoms with E-state index in [1.54, 1.807) is 6.07 Å². The van der Waals surface area contributed by atoms with Gasteiger partial charge in [-0.15, -0.1) is 0 Å². The SMILES string of the molecule is CS(=O)(=O)Cc1c(F)ccc2c(C(c3ccc(Cl)cc3)C3CC3)c[nH]c12. The van der Waals surface area contributed by atoms with Gasteiger partial charge in [-0.25, -0.2) is 12.8 Å². The summed E-state index contributed by atoms with van der Waals surface area (Å²) in [4.78, 5) is 3.13. The van der Waals surface area contributed by atoms with Crippen LogP contribution in [0, 0.1) is 11.7 Å². The van der Waals surface area contributed by atoms with E-state index in [0.717, 1.165) is 30.0 Å². The van der Waals surface area contributed by atoms with Crippen LogP contribution in [0.3, 0.4) is 0 Å². The van der Waals surface area contributed by atoms with E-state index in [0.29, 0.717) is 16.5 Å². The molecule has 6 heteroatoms. The lowest BCUT2D eigenvalue weighted by molar-refractivity contribution is 0.592. The fourth-order valence-electron chi connectivity index (χ4n) is 3.72. The Kier molecular flexibility index (Phi) is 4.32. The summed E-state index contributed by atoms with van der Waals surface area (Å²) < 4.78 is 37.7. The topological polar surface area (TPSA) is 49.9 Å². The van der Waals surface area contributed by atoms with Gasteiger partial charge in [0.05, 0.1) is 11.3 Å². The van der Waals surface area contributed by atoms with Crippen LogP contribution in [-0.2, 0) is 15.6 Å². The molecule has 3 aromatic rings. The first-order valence-electron chi connectivity index (χ1n) is 8.55. The lowest BCUT2D eigenvalue weighted by Gasteiger charge is -2.17. The standard InChI is InChI=1S/C20H19ClFNO2S/c1-26(24,25)11-17-18(22)9-8-15-16(10-23-20(15)17)19(12-2-3-12)13-4-6-14(21)7-5-13/h4-10,12,19,23H,2-3,11H2,1H3. The molecule has 1 aliphatic carbocycles. The average Bonchev–Trinajstić information content (AvgIpc) is 3.31. The minimum absolute atomic E-state index is 0.192. The molecule has 0 bridgehead atoms. The van der Waals surface area contributed by atoms with Crippen molar-refractivity contribution in [3.8, 4) is 0 Å². The van der Waals surface area contributed by atoms with Gasteiger partial charge in [-0.2, -0.15) is 0 Å². The molecule has 0 amide bonds. The summed E-state index contributed by atoms with van der Waals surface area (Å²) in [6.07, 6.45) is 5.32. The van der Waals surface area contributed by atoms with Crippen LogP contribution >= 0.6 is 11.6 Å². The summed E-state index contributed by atoms with van der Waals surface area (Å²) >= 11 is 6.03. The van der Waals surface area contributed by atoms with Crippen molar-refractivity contribution in [3.63, 3.8) is 0 Å². The van der Waals surface area contributed by atoms with Gasteiger partial charge in [0.2, 0.25) is 0 Å². The number of rotatable bonds is 5. The molecule has 1 aromatic heterocycles. The fourth-order valence-corrected chi connectivity index (χ4v) is 4.65. The zero-order valence-corrected chi connectivity index (χ0v) is 15.9. The third kappa shape index (κ3) is 3.38. The zero-order valence-electron chi connectivity index (χ0n) is 14.3. The van der Waals surface area contributed by atoms with Crippen LogP contribution < -0.4 is 0 Å². The number of hydrogen-bond donors (Lipinski definition) is 1. The van der Waals surface area contributed by atoms with E-state index in [9.17, 15) is 12.8 Å². The van der Waals surface area contributed by atoms with Crippen LogP contribution in [0.25, 0.3) is 10.9 Å². The number of H-pyrrole nitrogens is 1. The van der Waals surface area contributed by atoms with Crippen LogP contribution in [0.15, 0.2) is 42.6 Å². The molecule has 0 saturated heterocycles. The third-order valence-electron chi connectivity index (χ3n) is 5.00. The fraction of sp³-hybridized carbons (Fsp3) is 0.300. The number of aromatic nitrogens is 1. The molecule has 0 aliphatic heterocycles. The van der Waals surface area contributed by atoms with Gasteiger partial charge in [-0.1, -0.05) is 23.7 Å². The summed E-state index contributed by atoms with van der Waals surface area (Å²) in [7, 11) is -3.34. The molecule has 26 heavy (non-hydrogen) atoms. The Morgan fingerprint density at radius 2 is 1.88 bits per heavy atom. The van der Waals surface area contributed by atoms with Crippen LogP contribution in [0.2, 0.25) is 5.02 Å². The molecule has 1 atom stereocenters. The molecule has 1 unspecified atom stereocenters. The van der Waals surface area contributed by atoms with E-state index in [1.807, 2.05) is 30.5 Å². The molecule has 1 aliphatic rings. The highest BCUT2D eigenvalue weighted by Crippen LogP contribution is 2.48. The average molecular weight is 392 g/mol. The van der Waals surface area contributed by atoms with Crippen LogP contribution in [-0.4, -0.2) is 19.7 Å². The van der Waals surface area contributed by atoms with E-state index >= 15 is 0 Å². The Hall–Kier alpha value is -1.85. The summed E-state index contributed by atoms with van der Waals surface area (Å²) in [5.74, 6) is -0.0764. The van der Waals surface area contributed by atoms with Crippen molar-refractivity contribution >= 4 is 32.3 Å². The highest BCUT2D eigenvalue weighted by atomic mass is 35.5. The normalized spacial score (nSPS) is 16.1. The maximum absolute atomic E-state index is 14.3. The van der Waals surface area contributed by atoms with Gasteiger partial charge in [-0.3, -0.25) is 0 Å². The second-order valence-electron chi connectivity index (χ2n) is 7.13. The van der Waals surface area contributed by atoms with Crippen molar-refractivity contribution < 1.29 is 12.8 Å². The van der Waals surface area contributed by atoms with Gasteiger partial charge in [-0.05, 0) is 54.2 Å². The van der Waals surface area contributed by atoms with E-state index in [4.69, 9.17) is 11.6 Å². The minimum atomic E-state index is -3.34. The predicted octanol–water partition coefficient (Wildman–Crippen LogP) is 5.05. The molecular formula is C20H19ClFNO2S. The minimum Gasteiger partial charge on any atom is -0.361 e. The number of hydrogen-bond acceptors (Lipinski definition) is 2. The number of nitrogens with one attached hydrogen (secondary N) is 1. The molecule has 0 radical (unpaired) electrons. The van der Waals surface area contributed by atoms with Gasteiger partial charge in [0, 0.05) is 34.3 Å². The van der Waals surface area contributed by atoms with Crippen molar-refractivity contribution in [1.82, 2.24) is 4.98 Å². The van der Waals surface area contributed by atoms with Crippen LogP contribution in [0.1, 0.15) is 35.4 Å². The molecule has 4 rings (SSSR count). The van der Waals surface area contributed by atoms with Crippen molar-refractivity contribution in [2.75, 3.05) is 6.26 Å². The molecule has 1 fully saturated rings. The number of sulfone groups is 1. The molecule has 0 spiro atoms. The molecule has 3 nitrogen and oxygen atoms in total. The summed E-state index contributed by atoms with van der Waals surface area (Å²) in [6.45, 7) is 0. The highest BCUT2D eigenvalue weighted by molar-refractivity contribution is 7.89. The quantitative estimate of drug-likeness (QED) is 0.661. The summed E-state index contributed by atoms with van der Waals surface area (Å²) in [5.41, 5.74) is 3.04. The smallest absolute Gasteiger partial charge is 0.151 e. The summed E-state index contributed by atoms with van der Waals surface area (Å²) in [6, 6.07) is 10.9. The Bertz CT molecular complexity index is 1070. The van der Waals surface area contributed by atoms with Gasteiger partial charge < -0.3 is 4.98 Å². The number of aromatic amines is 1. The van der Waals surface area contributed by atoms with Gasteiger partial charge in [0.25, 0.3) is 0 Å². The second-order valence-corrected chi connectivity index (χ2v) is 9.71. The number of benzene rings is 2. The first-order valence-corrected chi connectivity index (χ1v) is 11.0. The first kappa shape index (κ1) is 17.6. The first-order chi connectivity index (χ1) is 12.3.